The summed E-state index contributed by atoms with van der Waals surface area (Å²) in [6.45, 7) is 1.64. The second kappa shape index (κ2) is 10.6. The summed E-state index contributed by atoms with van der Waals surface area (Å²) in [4.78, 5) is 29.9. The van der Waals surface area contributed by atoms with Crippen LogP contribution in [0.25, 0.3) is 11.2 Å². The molecule has 4 rings (SSSR count). The monoisotopic (exact) mass is 508 g/mol. The van der Waals surface area contributed by atoms with Crippen LogP contribution >= 0.6 is 0 Å². The average Bonchev–Trinajstić information content (AvgIpc) is 3.26. The molecule has 12 heteroatoms. The first-order valence-electron chi connectivity index (χ1n) is 11.4. The standard InChI is InChI=1S/C25H28N6O6/c1-15(16-5-7-17(32)8-6-16)27-28-24-26-22-21(23(34)30(3)25(35)29(22)2)31(24)13-18(33)14-37-20-11-9-19(36-4)10-12-20/h5-12,18,32-33H,13-14H2,1-4H3,(H,26,28). The van der Waals surface area contributed by atoms with Gasteiger partial charge in [0.15, 0.2) is 11.2 Å². The summed E-state index contributed by atoms with van der Waals surface area (Å²) in [6, 6.07) is 13.4. The van der Waals surface area contributed by atoms with Gasteiger partial charge in [0, 0.05) is 14.1 Å². The molecule has 4 aromatic rings. The number of aromatic nitrogens is 4. The lowest BCUT2D eigenvalue weighted by Crippen LogP contribution is -2.38. The van der Waals surface area contributed by atoms with Crippen molar-refractivity contribution in [2.24, 2.45) is 19.2 Å². The molecule has 0 aliphatic carbocycles. The van der Waals surface area contributed by atoms with Gasteiger partial charge in [-0.05, 0) is 61.0 Å². The number of nitrogens with zero attached hydrogens (tertiary/aromatic N) is 5. The van der Waals surface area contributed by atoms with Crippen molar-refractivity contribution in [2.45, 2.75) is 19.6 Å². The van der Waals surface area contributed by atoms with E-state index in [0.29, 0.717) is 17.2 Å². The Morgan fingerprint density at radius 3 is 2.35 bits per heavy atom. The predicted octanol–water partition coefficient (Wildman–Crippen LogP) is 1.42. The molecule has 0 bridgehead atoms. The average molecular weight is 509 g/mol. The Morgan fingerprint density at radius 2 is 1.70 bits per heavy atom. The largest absolute Gasteiger partial charge is 0.508 e. The molecule has 12 nitrogen and oxygen atoms in total. The number of aryl methyl sites for hydroxylation is 1. The van der Waals surface area contributed by atoms with Gasteiger partial charge in [-0.2, -0.15) is 10.1 Å². The zero-order valence-corrected chi connectivity index (χ0v) is 20.9. The van der Waals surface area contributed by atoms with Crippen LogP contribution in [-0.2, 0) is 20.6 Å². The van der Waals surface area contributed by atoms with Crippen molar-refractivity contribution in [3.05, 3.63) is 74.9 Å². The predicted molar refractivity (Wildman–Crippen MR) is 139 cm³/mol. The summed E-state index contributed by atoms with van der Waals surface area (Å²) >= 11 is 0. The Kier molecular flexibility index (Phi) is 7.30. The van der Waals surface area contributed by atoms with Crippen LogP contribution in [0.15, 0.2) is 63.2 Å². The van der Waals surface area contributed by atoms with Gasteiger partial charge in [-0.1, -0.05) is 0 Å². The number of hydrazone groups is 1. The number of methoxy groups -OCH3 is 1. The van der Waals surface area contributed by atoms with E-state index in [0.717, 1.165) is 10.1 Å². The topological polar surface area (TPSA) is 145 Å². The zero-order chi connectivity index (χ0) is 26.7. The van der Waals surface area contributed by atoms with E-state index in [2.05, 4.69) is 15.5 Å². The quantitative estimate of drug-likeness (QED) is 0.227. The number of rotatable bonds is 9. The zero-order valence-electron chi connectivity index (χ0n) is 20.9. The first kappa shape index (κ1) is 25.5. The second-order valence-electron chi connectivity index (χ2n) is 8.42. The lowest BCUT2D eigenvalue weighted by molar-refractivity contribution is 0.0938. The molecule has 2 aromatic carbocycles. The van der Waals surface area contributed by atoms with Crippen LogP contribution in [-0.4, -0.2) is 54.4 Å². The lowest BCUT2D eigenvalue weighted by Gasteiger charge is -2.15. The normalized spacial score (nSPS) is 12.5. The third-order valence-corrected chi connectivity index (χ3v) is 5.85. The molecule has 3 N–H and O–H groups in total. The second-order valence-corrected chi connectivity index (χ2v) is 8.42. The highest BCUT2D eigenvalue weighted by atomic mass is 16.5. The van der Waals surface area contributed by atoms with Crippen LogP contribution < -0.4 is 26.1 Å². The molecular formula is C25H28N6O6. The molecular weight excluding hydrogens is 480 g/mol. The van der Waals surface area contributed by atoms with Gasteiger partial charge in [0.25, 0.3) is 5.56 Å². The number of hydrogen-bond donors (Lipinski definition) is 3. The van der Waals surface area contributed by atoms with Crippen LogP contribution in [0.5, 0.6) is 17.2 Å². The van der Waals surface area contributed by atoms with E-state index >= 15 is 0 Å². The number of hydrogen-bond acceptors (Lipinski definition) is 9. The molecule has 0 aliphatic rings. The first-order chi connectivity index (χ1) is 17.7. The summed E-state index contributed by atoms with van der Waals surface area (Å²) in [5, 5.41) is 24.6. The number of phenols is 1. The number of anilines is 1. The Hall–Kier alpha value is -4.58. The van der Waals surface area contributed by atoms with Crippen molar-refractivity contribution in [1.82, 2.24) is 18.7 Å². The molecule has 0 aliphatic heterocycles. The molecule has 2 heterocycles. The summed E-state index contributed by atoms with van der Waals surface area (Å²) in [5.41, 5.74) is 3.39. The van der Waals surface area contributed by atoms with Crippen molar-refractivity contribution < 1.29 is 19.7 Å². The summed E-state index contributed by atoms with van der Waals surface area (Å²) in [5.74, 6) is 1.52. The van der Waals surface area contributed by atoms with Crippen molar-refractivity contribution in [3.8, 4) is 17.2 Å². The fourth-order valence-electron chi connectivity index (χ4n) is 3.74. The van der Waals surface area contributed by atoms with Crippen molar-refractivity contribution in [3.63, 3.8) is 0 Å². The first-order valence-corrected chi connectivity index (χ1v) is 11.4. The Bertz CT molecular complexity index is 1550. The molecule has 37 heavy (non-hydrogen) atoms. The minimum Gasteiger partial charge on any atom is -0.508 e. The van der Waals surface area contributed by atoms with E-state index in [1.807, 2.05) is 0 Å². The number of nitrogens with one attached hydrogen (secondary N) is 1. The van der Waals surface area contributed by atoms with Crippen LogP contribution in [0.3, 0.4) is 0 Å². The molecule has 194 valence electrons. The van der Waals surface area contributed by atoms with Gasteiger partial charge in [-0.15, -0.1) is 0 Å². The molecule has 0 spiro atoms. The van der Waals surface area contributed by atoms with Gasteiger partial charge in [0.2, 0.25) is 5.95 Å². The third-order valence-electron chi connectivity index (χ3n) is 5.85. The van der Waals surface area contributed by atoms with Gasteiger partial charge in [-0.3, -0.25) is 13.9 Å². The van der Waals surface area contributed by atoms with Crippen molar-refractivity contribution in [1.29, 1.82) is 0 Å². The fourth-order valence-corrected chi connectivity index (χ4v) is 3.74. The maximum Gasteiger partial charge on any atom is 0.332 e. The van der Waals surface area contributed by atoms with Crippen molar-refractivity contribution >= 4 is 22.8 Å². The van der Waals surface area contributed by atoms with E-state index < -0.39 is 17.4 Å². The van der Waals surface area contributed by atoms with Gasteiger partial charge in [0.1, 0.15) is 30.0 Å². The van der Waals surface area contributed by atoms with E-state index in [-0.39, 0.29) is 36.0 Å². The highest BCUT2D eigenvalue weighted by molar-refractivity contribution is 5.99. The molecule has 0 radical (unpaired) electrons. The minimum absolute atomic E-state index is 0.0593. The summed E-state index contributed by atoms with van der Waals surface area (Å²) in [7, 11) is 4.46. The van der Waals surface area contributed by atoms with Gasteiger partial charge < -0.3 is 24.3 Å². The Balaban J connectivity index is 1.65. The van der Waals surface area contributed by atoms with Crippen LogP contribution in [0.2, 0.25) is 0 Å². The van der Waals surface area contributed by atoms with Crippen LogP contribution in [0.1, 0.15) is 12.5 Å². The molecule has 0 fully saturated rings. The maximum atomic E-state index is 13.0. The number of benzene rings is 2. The lowest BCUT2D eigenvalue weighted by atomic mass is 10.1. The highest BCUT2D eigenvalue weighted by Crippen LogP contribution is 2.19. The molecule has 2 aromatic heterocycles. The third kappa shape index (κ3) is 5.33. The van der Waals surface area contributed by atoms with Crippen LogP contribution in [0.4, 0.5) is 5.95 Å². The number of aliphatic hydroxyl groups is 1. The smallest absolute Gasteiger partial charge is 0.332 e. The molecule has 1 unspecified atom stereocenters. The van der Waals surface area contributed by atoms with E-state index in [1.54, 1.807) is 62.6 Å². The molecule has 1 atom stereocenters. The Morgan fingerprint density at radius 1 is 1.05 bits per heavy atom. The molecule has 0 amide bonds. The number of phenolic OH excluding ortho intramolecular Hbond substituents is 1. The molecule has 0 saturated heterocycles. The van der Waals surface area contributed by atoms with Crippen LogP contribution in [0, 0.1) is 0 Å². The number of aliphatic hydroxyl groups excluding tert-OH is 1. The van der Waals surface area contributed by atoms with E-state index in [4.69, 9.17) is 9.47 Å². The highest BCUT2D eigenvalue weighted by Gasteiger charge is 2.21. The maximum absolute atomic E-state index is 13.0. The van der Waals surface area contributed by atoms with Gasteiger partial charge in [0.05, 0.1) is 19.4 Å². The fraction of sp³-hybridized carbons (Fsp3) is 0.280. The van der Waals surface area contributed by atoms with Gasteiger partial charge >= 0.3 is 5.69 Å². The van der Waals surface area contributed by atoms with Crippen molar-refractivity contribution in [2.75, 3.05) is 19.1 Å². The summed E-state index contributed by atoms with van der Waals surface area (Å²) in [6.07, 6.45) is -1.02. The molecule has 0 saturated carbocycles. The minimum atomic E-state index is -1.02. The number of fused-ring (bicyclic) bond motifs is 1. The van der Waals surface area contributed by atoms with Gasteiger partial charge in [-0.25, -0.2) is 10.2 Å². The number of imidazole rings is 1. The SMILES string of the molecule is COc1ccc(OCC(O)Cn2c(NN=C(C)c3ccc(O)cc3)nc3c2c(=O)n(C)c(=O)n3C)cc1. The Labute approximate surface area is 211 Å². The summed E-state index contributed by atoms with van der Waals surface area (Å²) < 4.78 is 14.5. The van der Waals surface area contributed by atoms with E-state index in [9.17, 15) is 19.8 Å². The number of ether oxygens (including phenoxy) is 2. The van der Waals surface area contributed by atoms with E-state index in [1.165, 1.54) is 23.2 Å². The number of aromatic hydroxyl groups is 1.